The van der Waals surface area contributed by atoms with E-state index >= 15 is 0 Å². The first kappa shape index (κ1) is 18.5. The maximum Gasteiger partial charge on any atom is 0.190 e. The summed E-state index contributed by atoms with van der Waals surface area (Å²) in [7, 11) is 0. The molecule has 0 aromatic carbocycles. The van der Waals surface area contributed by atoms with Crippen LogP contribution >= 0.6 is 23.1 Å². The number of rotatable bonds is 5. The normalized spacial score (nSPS) is 23.4. The standard InChI is InChI=1S/C19H27N3O2S2/c1-4-10-25-18-20-16(22-6-8-23-9-7-22)15-13-11-19(3,5-2)24-12-14(13)26-17(15)21-18/h4-12H2,1-3H3/t19-/m1/s1. The van der Waals surface area contributed by atoms with Gasteiger partial charge in [0.05, 0.1) is 30.8 Å². The molecular weight excluding hydrogens is 366 g/mol. The number of hydrogen-bond acceptors (Lipinski definition) is 7. The highest BCUT2D eigenvalue weighted by atomic mass is 32.2. The Kier molecular flexibility index (Phi) is 5.41. The van der Waals surface area contributed by atoms with Crippen LogP contribution in [0.3, 0.4) is 0 Å². The van der Waals surface area contributed by atoms with Crippen LogP contribution < -0.4 is 4.90 Å². The molecule has 0 radical (unpaired) electrons. The van der Waals surface area contributed by atoms with Gasteiger partial charge in [-0.1, -0.05) is 25.6 Å². The minimum Gasteiger partial charge on any atom is -0.378 e. The van der Waals surface area contributed by atoms with E-state index in [-0.39, 0.29) is 5.60 Å². The Morgan fingerprint density at radius 2 is 2.04 bits per heavy atom. The molecule has 0 unspecified atom stereocenters. The van der Waals surface area contributed by atoms with E-state index in [1.54, 1.807) is 23.1 Å². The highest BCUT2D eigenvalue weighted by Gasteiger charge is 2.34. The van der Waals surface area contributed by atoms with Crippen molar-refractivity contribution in [3.05, 3.63) is 10.4 Å². The van der Waals surface area contributed by atoms with E-state index in [0.717, 1.165) is 67.1 Å². The quantitative estimate of drug-likeness (QED) is 0.558. The Morgan fingerprint density at radius 3 is 2.77 bits per heavy atom. The van der Waals surface area contributed by atoms with E-state index in [9.17, 15) is 0 Å². The molecule has 2 aromatic heterocycles. The van der Waals surface area contributed by atoms with Crippen molar-refractivity contribution < 1.29 is 9.47 Å². The van der Waals surface area contributed by atoms with Crippen LogP contribution in [0.5, 0.6) is 0 Å². The van der Waals surface area contributed by atoms with Gasteiger partial charge in [0.25, 0.3) is 0 Å². The maximum atomic E-state index is 6.17. The number of thioether (sulfide) groups is 1. The van der Waals surface area contributed by atoms with Crippen LogP contribution in [-0.4, -0.2) is 47.6 Å². The average Bonchev–Trinajstić information content (AvgIpc) is 3.03. The summed E-state index contributed by atoms with van der Waals surface area (Å²) in [6.07, 6.45) is 3.09. The number of nitrogens with zero attached hydrogens (tertiary/aromatic N) is 3. The zero-order valence-corrected chi connectivity index (χ0v) is 17.5. The molecule has 142 valence electrons. The van der Waals surface area contributed by atoms with Crippen molar-refractivity contribution in [2.45, 2.75) is 57.4 Å². The summed E-state index contributed by atoms with van der Waals surface area (Å²) in [6, 6.07) is 0. The monoisotopic (exact) mass is 393 g/mol. The fraction of sp³-hybridized carbons (Fsp3) is 0.684. The van der Waals surface area contributed by atoms with Crippen molar-refractivity contribution in [1.82, 2.24) is 9.97 Å². The second-order valence-corrected chi connectivity index (χ2v) is 9.38. The van der Waals surface area contributed by atoms with Gasteiger partial charge in [0.15, 0.2) is 5.16 Å². The van der Waals surface area contributed by atoms with Gasteiger partial charge in [-0.2, -0.15) is 0 Å². The molecule has 0 saturated carbocycles. The molecule has 0 spiro atoms. The maximum absolute atomic E-state index is 6.17. The zero-order valence-electron chi connectivity index (χ0n) is 15.8. The first-order chi connectivity index (χ1) is 12.6. The molecular formula is C19H27N3O2S2. The van der Waals surface area contributed by atoms with Gasteiger partial charge in [-0.05, 0) is 25.3 Å². The third-order valence-corrected chi connectivity index (χ3v) is 7.44. The predicted octanol–water partition coefficient (Wildman–Crippen LogP) is 4.27. The van der Waals surface area contributed by atoms with Crippen molar-refractivity contribution in [3.8, 4) is 0 Å². The average molecular weight is 394 g/mol. The van der Waals surface area contributed by atoms with E-state index in [2.05, 4.69) is 25.7 Å². The molecule has 0 N–H and O–H groups in total. The van der Waals surface area contributed by atoms with Gasteiger partial charge < -0.3 is 14.4 Å². The summed E-state index contributed by atoms with van der Waals surface area (Å²) >= 11 is 3.55. The molecule has 26 heavy (non-hydrogen) atoms. The highest BCUT2D eigenvalue weighted by Crippen LogP contribution is 2.43. The summed E-state index contributed by atoms with van der Waals surface area (Å²) in [6.45, 7) is 10.7. The lowest BCUT2D eigenvalue weighted by Gasteiger charge is -2.34. The van der Waals surface area contributed by atoms with Gasteiger partial charge in [0, 0.05) is 30.1 Å². The molecule has 2 aromatic rings. The van der Waals surface area contributed by atoms with E-state index < -0.39 is 0 Å². The van der Waals surface area contributed by atoms with Crippen LogP contribution in [0.4, 0.5) is 5.82 Å². The number of morpholine rings is 1. The summed E-state index contributed by atoms with van der Waals surface area (Å²) in [5.41, 5.74) is 1.33. The number of ether oxygens (including phenoxy) is 2. The molecule has 1 atom stereocenters. The van der Waals surface area contributed by atoms with Gasteiger partial charge in [0.2, 0.25) is 0 Å². The Balaban J connectivity index is 1.83. The lowest BCUT2D eigenvalue weighted by Crippen LogP contribution is -2.37. The Labute approximate surface area is 163 Å². The Hall–Kier alpha value is -0.890. The number of anilines is 1. The number of thiophene rings is 1. The van der Waals surface area contributed by atoms with E-state index in [1.807, 2.05) is 0 Å². The lowest BCUT2D eigenvalue weighted by atomic mass is 9.90. The summed E-state index contributed by atoms with van der Waals surface area (Å²) < 4.78 is 11.7. The second-order valence-electron chi connectivity index (χ2n) is 7.23. The topological polar surface area (TPSA) is 47.5 Å². The molecule has 2 aliphatic heterocycles. The Morgan fingerprint density at radius 1 is 1.23 bits per heavy atom. The molecule has 0 aliphatic carbocycles. The van der Waals surface area contributed by atoms with E-state index in [1.165, 1.54) is 15.8 Å². The van der Waals surface area contributed by atoms with E-state index in [0.29, 0.717) is 6.61 Å². The molecule has 1 fully saturated rings. The van der Waals surface area contributed by atoms with Crippen molar-refractivity contribution in [3.63, 3.8) is 0 Å². The van der Waals surface area contributed by atoms with Gasteiger partial charge in [-0.15, -0.1) is 11.3 Å². The summed E-state index contributed by atoms with van der Waals surface area (Å²) in [4.78, 5) is 14.7. The van der Waals surface area contributed by atoms with Gasteiger partial charge in [-0.25, -0.2) is 9.97 Å². The highest BCUT2D eigenvalue weighted by molar-refractivity contribution is 7.99. The second kappa shape index (κ2) is 7.62. The van der Waals surface area contributed by atoms with Crippen molar-refractivity contribution in [2.24, 2.45) is 0 Å². The third kappa shape index (κ3) is 3.46. The minimum absolute atomic E-state index is 0.0844. The third-order valence-electron chi connectivity index (χ3n) is 5.29. The molecule has 4 heterocycles. The van der Waals surface area contributed by atoms with Crippen LogP contribution in [0.2, 0.25) is 0 Å². The number of hydrogen-bond donors (Lipinski definition) is 0. The Bertz CT molecular complexity index is 789. The van der Waals surface area contributed by atoms with Crippen LogP contribution in [-0.2, 0) is 22.5 Å². The molecule has 2 aliphatic rings. The van der Waals surface area contributed by atoms with Crippen molar-refractivity contribution >= 4 is 39.1 Å². The fourth-order valence-corrected chi connectivity index (χ4v) is 5.37. The van der Waals surface area contributed by atoms with Gasteiger partial charge >= 0.3 is 0 Å². The molecule has 5 nitrogen and oxygen atoms in total. The first-order valence-electron chi connectivity index (χ1n) is 9.55. The molecule has 4 rings (SSSR count). The van der Waals surface area contributed by atoms with Gasteiger partial charge in [-0.3, -0.25) is 0 Å². The van der Waals surface area contributed by atoms with Crippen molar-refractivity contribution in [1.29, 1.82) is 0 Å². The summed E-state index contributed by atoms with van der Waals surface area (Å²) in [5.74, 6) is 2.16. The molecule has 1 saturated heterocycles. The van der Waals surface area contributed by atoms with Crippen molar-refractivity contribution in [2.75, 3.05) is 37.0 Å². The van der Waals surface area contributed by atoms with Gasteiger partial charge in [0.1, 0.15) is 10.6 Å². The fourth-order valence-electron chi connectivity index (χ4n) is 3.52. The van der Waals surface area contributed by atoms with Crippen LogP contribution in [0.25, 0.3) is 10.2 Å². The smallest absolute Gasteiger partial charge is 0.190 e. The van der Waals surface area contributed by atoms with Crippen LogP contribution in [0.15, 0.2) is 5.16 Å². The molecule has 7 heteroatoms. The first-order valence-corrected chi connectivity index (χ1v) is 11.4. The predicted molar refractivity (Wildman–Crippen MR) is 109 cm³/mol. The molecule has 0 amide bonds. The van der Waals surface area contributed by atoms with E-state index in [4.69, 9.17) is 19.4 Å². The largest absolute Gasteiger partial charge is 0.378 e. The van der Waals surface area contributed by atoms with Crippen LogP contribution in [0.1, 0.15) is 44.1 Å². The summed E-state index contributed by atoms with van der Waals surface area (Å²) in [5, 5.41) is 2.16. The SMILES string of the molecule is CCCSc1nc(N2CCOCC2)c2c3c(sc2n1)CO[C@](C)(CC)C3. The minimum atomic E-state index is -0.0844. The number of aromatic nitrogens is 2. The molecule has 0 bridgehead atoms. The van der Waals surface area contributed by atoms with Crippen LogP contribution in [0, 0.1) is 0 Å². The zero-order chi connectivity index (χ0) is 18.1. The number of fused-ring (bicyclic) bond motifs is 3. The lowest BCUT2D eigenvalue weighted by molar-refractivity contribution is -0.0543.